The van der Waals surface area contributed by atoms with Gasteiger partial charge in [-0.1, -0.05) is 6.92 Å². The smallest absolute Gasteiger partial charge is 0.397 e. The predicted octanol–water partition coefficient (Wildman–Crippen LogP) is 4.41. The number of anilines is 1. The zero-order valence-electron chi connectivity index (χ0n) is 24.7. The standard InChI is InChI=1S/C27H36F3N7O4S/c1-17-10-12-26(5,6)36(14-17)23-19(24(38)34-42(39,40)20-15-35(7)32-18(20)2)8-9-21(31-23)37-13-11-22(33-37)41-16-25(3,4)27(28,29)30/h8-9,11,13,15,17H,10,12,14,16H2,1-7H3,(H,34,38)/t17-/m0/s1. The van der Waals surface area contributed by atoms with Gasteiger partial charge in [-0.25, -0.2) is 22.8 Å². The number of hydrogen-bond acceptors (Lipinski definition) is 8. The lowest BCUT2D eigenvalue weighted by atomic mass is 9.85. The number of nitrogens with zero attached hydrogens (tertiary/aromatic N) is 6. The molecule has 1 aliphatic rings. The first-order valence-electron chi connectivity index (χ1n) is 13.4. The van der Waals surface area contributed by atoms with Crippen LogP contribution in [-0.4, -0.2) is 63.7 Å². The van der Waals surface area contributed by atoms with Crippen molar-refractivity contribution in [3.63, 3.8) is 0 Å². The van der Waals surface area contributed by atoms with Gasteiger partial charge in [-0.05, 0) is 65.5 Å². The van der Waals surface area contributed by atoms with Crippen LogP contribution in [0.4, 0.5) is 19.0 Å². The summed E-state index contributed by atoms with van der Waals surface area (Å²) in [5, 5.41) is 8.28. The Bertz CT molecular complexity index is 1580. The van der Waals surface area contributed by atoms with Gasteiger partial charge >= 0.3 is 6.18 Å². The molecule has 0 bridgehead atoms. The molecule has 1 N–H and O–H groups in total. The second-order valence-electron chi connectivity index (χ2n) is 12.1. The number of alkyl halides is 3. The van der Waals surface area contributed by atoms with E-state index in [9.17, 15) is 26.4 Å². The van der Waals surface area contributed by atoms with Crippen LogP contribution >= 0.6 is 0 Å². The van der Waals surface area contributed by atoms with E-state index in [1.165, 1.54) is 46.9 Å². The number of carbonyl (C=O) groups excluding carboxylic acids is 1. The van der Waals surface area contributed by atoms with E-state index in [0.29, 0.717) is 6.54 Å². The Labute approximate surface area is 243 Å². The van der Waals surface area contributed by atoms with Crippen molar-refractivity contribution in [2.45, 2.75) is 71.0 Å². The maximum Gasteiger partial charge on any atom is 0.397 e. The molecule has 4 rings (SSSR count). The summed E-state index contributed by atoms with van der Waals surface area (Å²) in [6.45, 7) is 9.68. The van der Waals surface area contributed by atoms with Crippen molar-refractivity contribution >= 4 is 21.7 Å². The second-order valence-corrected chi connectivity index (χ2v) is 13.7. The van der Waals surface area contributed by atoms with E-state index in [4.69, 9.17) is 9.72 Å². The van der Waals surface area contributed by atoms with Gasteiger partial charge in [-0.15, -0.1) is 5.10 Å². The molecule has 0 saturated carbocycles. The molecule has 1 atom stereocenters. The molecule has 3 aromatic heterocycles. The van der Waals surface area contributed by atoms with Crippen molar-refractivity contribution < 1.29 is 31.1 Å². The van der Waals surface area contributed by atoms with Crippen molar-refractivity contribution in [1.29, 1.82) is 0 Å². The van der Waals surface area contributed by atoms with Crippen LogP contribution in [0.5, 0.6) is 5.88 Å². The molecule has 0 aromatic carbocycles. The molecule has 11 nitrogen and oxygen atoms in total. The number of aryl methyl sites for hydroxylation is 2. The Hall–Kier alpha value is -3.62. The van der Waals surface area contributed by atoms with E-state index < -0.39 is 39.7 Å². The summed E-state index contributed by atoms with van der Waals surface area (Å²) in [7, 11) is -2.66. The van der Waals surface area contributed by atoms with Crippen molar-refractivity contribution in [1.82, 2.24) is 29.3 Å². The van der Waals surface area contributed by atoms with Gasteiger partial charge in [-0.2, -0.15) is 18.3 Å². The van der Waals surface area contributed by atoms with Gasteiger partial charge in [0.1, 0.15) is 17.3 Å². The third-order valence-corrected chi connectivity index (χ3v) is 8.90. The number of ether oxygens (including phenoxy) is 1. The molecular formula is C27H36F3N7O4S. The van der Waals surface area contributed by atoms with Crippen LogP contribution in [0.1, 0.15) is 63.5 Å². The van der Waals surface area contributed by atoms with E-state index in [-0.39, 0.29) is 39.6 Å². The van der Waals surface area contributed by atoms with Gasteiger partial charge in [0.15, 0.2) is 5.82 Å². The van der Waals surface area contributed by atoms with Crippen molar-refractivity contribution in [2.24, 2.45) is 18.4 Å². The fourth-order valence-corrected chi connectivity index (χ4v) is 5.81. The molecule has 0 radical (unpaired) electrons. The molecule has 1 aliphatic heterocycles. The molecular weight excluding hydrogens is 575 g/mol. The number of aromatic nitrogens is 5. The predicted molar refractivity (Wildman–Crippen MR) is 149 cm³/mol. The number of halogens is 3. The number of piperidine rings is 1. The fourth-order valence-electron chi connectivity index (χ4n) is 4.63. The number of carbonyl (C=O) groups is 1. The van der Waals surface area contributed by atoms with E-state index in [1.54, 1.807) is 7.05 Å². The van der Waals surface area contributed by atoms with Gasteiger partial charge in [-0.3, -0.25) is 9.48 Å². The van der Waals surface area contributed by atoms with Gasteiger partial charge in [0.2, 0.25) is 5.88 Å². The Morgan fingerprint density at radius 1 is 1.19 bits per heavy atom. The first kappa shape index (κ1) is 31.3. The lowest BCUT2D eigenvalue weighted by Gasteiger charge is -2.46. The monoisotopic (exact) mass is 611 g/mol. The topological polar surface area (TPSA) is 124 Å². The van der Waals surface area contributed by atoms with Crippen molar-refractivity contribution in [3.8, 4) is 11.7 Å². The lowest BCUT2D eigenvalue weighted by Crippen LogP contribution is -2.51. The minimum atomic E-state index is -4.45. The first-order chi connectivity index (χ1) is 19.3. The maximum absolute atomic E-state index is 13.5. The SMILES string of the molecule is Cc1nn(C)cc1S(=O)(=O)NC(=O)c1ccc(-n2ccc(OCC(C)(C)C(F)(F)F)n2)nc1N1C[C@@H](C)CCC1(C)C. The minimum absolute atomic E-state index is 0.0256. The van der Waals surface area contributed by atoms with Gasteiger partial charge in [0.25, 0.3) is 15.9 Å². The second kappa shape index (κ2) is 10.9. The summed E-state index contributed by atoms with van der Waals surface area (Å²) < 4.78 is 76.1. The lowest BCUT2D eigenvalue weighted by molar-refractivity contribution is -0.219. The molecule has 3 aromatic rings. The van der Waals surface area contributed by atoms with Crippen LogP contribution in [0.2, 0.25) is 0 Å². The summed E-state index contributed by atoms with van der Waals surface area (Å²) in [5.41, 5.74) is -2.20. The molecule has 1 saturated heterocycles. The average molecular weight is 612 g/mol. The first-order valence-corrected chi connectivity index (χ1v) is 14.9. The highest BCUT2D eigenvalue weighted by Gasteiger charge is 2.48. The zero-order chi connectivity index (χ0) is 31.3. The van der Waals surface area contributed by atoms with Crippen molar-refractivity contribution in [2.75, 3.05) is 18.1 Å². The average Bonchev–Trinajstić information content (AvgIpc) is 3.49. The van der Waals surface area contributed by atoms with Crippen LogP contribution in [0.3, 0.4) is 0 Å². The van der Waals surface area contributed by atoms with Crippen LogP contribution in [0.15, 0.2) is 35.5 Å². The van der Waals surface area contributed by atoms with Gasteiger partial charge in [0.05, 0.1) is 16.7 Å². The van der Waals surface area contributed by atoms with Crippen LogP contribution < -0.4 is 14.4 Å². The third-order valence-electron chi connectivity index (χ3n) is 7.47. The highest BCUT2D eigenvalue weighted by atomic mass is 32.2. The van der Waals surface area contributed by atoms with Crippen molar-refractivity contribution in [3.05, 3.63) is 41.9 Å². The molecule has 1 amide bonds. The molecule has 42 heavy (non-hydrogen) atoms. The Morgan fingerprint density at radius 2 is 1.88 bits per heavy atom. The molecule has 0 unspecified atom stereocenters. The number of sulfonamides is 1. The third kappa shape index (κ3) is 6.40. The highest BCUT2D eigenvalue weighted by molar-refractivity contribution is 7.90. The quantitative estimate of drug-likeness (QED) is 0.397. The van der Waals surface area contributed by atoms with Crippen LogP contribution in [0, 0.1) is 18.3 Å². The minimum Gasteiger partial charge on any atom is -0.476 e. The largest absolute Gasteiger partial charge is 0.476 e. The van der Waals surface area contributed by atoms with Gasteiger partial charge in [0, 0.05) is 37.6 Å². The molecule has 0 spiro atoms. The summed E-state index contributed by atoms with van der Waals surface area (Å²) in [5.74, 6) is -0.0762. The highest BCUT2D eigenvalue weighted by Crippen LogP contribution is 2.38. The Balaban J connectivity index is 1.70. The fraction of sp³-hybridized carbons (Fsp3) is 0.556. The molecule has 4 heterocycles. The summed E-state index contributed by atoms with van der Waals surface area (Å²) in [6, 6.07) is 4.37. The van der Waals surface area contributed by atoms with Crippen LogP contribution in [-0.2, 0) is 17.1 Å². The number of rotatable bonds is 8. The molecule has 230 valence electrons. The summed E-state index contributed by atoms with van der Waals surface area (Å²) in [4.78, 5) is 20.1. The summed E-state index contributed by atoms with van der Waals surface area (Å²) in [6.07, 6.45) is 0.123. The maximum atomic E-state index is 13.5. The number of nitrogens with one attached hydrogen (secondary N) is 1. The molecule has 0 aliphatic carbocycles. The van der Waals surface area contributed by atoms with Gasteiger partial charge < -0.3 is 9.64 Å². The normalized spacial score (nSPS) is 17.8. The molecule has 1 fully saturated rings. The number of pyridine rings is 1. The molecule has 15 heteroatoms. The zero-order valence-corrected chi connectivity index (χ0v) is 25.5. The van der Waals surface area contributed by atoms with E-state index in [1.807, 2.05) is 18.7 Å². The van der Waals surface area contributed by atoms with Crippen LogP contribution in [0.25, 0.3) is 5.82 Å². The number of hydrogen-bond donors (Lipinski definition) is 1. The van der Waals surface area contributed by atoms with E-state index >= 15 is 0 Å². The Morgan fingerprint density at radius 3 is 2.50 bits per heavy atom. The van der Waals surface area contributed by atoms with E-state index in [2.05, 4.69) is 21.8 Å². The number of amides is 1. The summed E-state index contributed by atoms with van der Waals surface area (Å²) >= 11 is 0. The van der Waals surface area contributed by atoms with E-state index in [0.717, 1.165) is 26.7 Å². The Kier molecular flexibility index (Phi) is 8.13.